The molecule has 0 aromatic heterocycles. The molecule has 0 saturated carbocycles. The van der Waals surface area contributed by atoms with Crippen molar-refractivity contribution in [2.45, 2.75) is 136 Å². The Kier molecular flexibility index (Phi) is 56.8. The van der Waals surface area contributed by atoms with E-state index in [1.54, 1.807) is 0 Å². The summed E-state index contributed by atoms with van der Waals surface area (Å²) in [6.45, 7) is 6.73. The summed E-state index contributed by atoms with van der Waals surface area (Å²) >= 11 is 14.5. The van der Waals surface area contributed by atoms with Gasteiger partial charge in [-0.1, -0.05) is 136 Å². The Balaban J connectivity index is -0.000000152. The van der Waals surface area contributed by atoms with Crippen LogP contribution in [0.5, 0.6) is 0 Å². The summed E-state index contributed by atoms with van der Waals surface area (Å²) in [5.74, 6) is 2.85. The molecular weight excluding hydrogens is 581 g/mol. The fraction of sp³-hybridized carbons (Fsp3) is 1.00. The Labute approximate surface area is 212 Å². The Bertz CT molecular complexity index is 153. The second-order valence-corrected chi connectivity index (χ2v) is 8.64. The van der Waals surface area contributed by atoms with Crippen LogP contribution < -0.4 is 0 Å². The minimum Gasteiger partial charge on any atom is -0.793 e. The number of hydrogen-bond acceptors (Lipinski definition) is 3. The minimum absolute atomic E-state index is 0. The minimum atomic E-state index is 0. The van der Waals surface area contributed by atoms with Gasteiger partial charge in [-0.15, -0.1) is 0 Å². The van der Waals surface area contributed by atoms with Crippen molar-refractivity contribution in [1.82, 2.24) is 0 Å². The van der Waals surface area contributed by atoms with Crippen molar-refractivity contribution in [3.05, 3.63) is 0 Å². The molecule has 0 aliphatic heterocycles. The molecule has 0 bridgehead atoms. The normalized spacial score (nSPS) is 9.64. The van der Waals surface area contributed by atoms with E-state index in [1.807, 2.05) is 0 Å². The van der Waals surface area contributed by atoms with Crippen molar-refractivity contribution < 1.29 is 22.4 Å². The number of hydrogen-bond donors (Lipinski definition) is 0. The SMILES string of the molecule is CCCCCCCC[S-].CCCCCCCC[S-].CCCCCCCC[S-].[Au+3]. The van der Waals surface area contributed by atoms with E-state index in [9.17, 15) is 0 Å². The molecule has 0 nitrogen and oxygen atoms in total. The molecule has 0 radical (unpaired) electrons. The van der Waals surface area contributed by atoms with E-state index in [0.29, 0.717) is 0 Å². The number of unbranched alkanes of at least 4 members (excludes halogenated alkanes) is 15. The van der Waals surface area contributed by atoms with Crippen LogP contribution in [0.15, 0.2) is 0 Å². The first kappa shape index (κ1) is 37.1. The third-order valence-corrected chi connectivity index (χ3v) is 5.36. The molecule has 0 amide bonds. The van der Waals surface area contributed by atoms with E-state index in [2.05, 4.69) is 20.8 Å². The molecule has 0 aliphatic carbocycles. The summed E-state index contributed by atoms with van der Waals surface area (Å²) in [6, 6.07) is 0. The van der Waals surface area contributed by atoms with Gasteiger partial charge in [0.25, 0.3) is 0 Å². The smallest absolute Gasteiger partial charge is 0.793 e. The van der Waals surface area contributed by atoms with Gasteiger partial charge in [-0.3, -0.25) is 0 Å². The molecule has 0 aromatic carbocycles. The molecule has 0 aromatic rings. The fourth-order valence-electron chi connectivity index (χ4n) is 2.65. The van der Waals surface area contributed by atoms with Crippen LogP contribution >= 0.6 is 0 Å². The zero-order valence-corrected chi connectivity index (χ0v) is 24.0. The van der Waals surface area contributed by atoms with Crippen molar-refractivity contribution in [3.63, 3.8) is 0 Å². The molecule has 0 fully saturated rings. The molecule has 0 spiro atoms. The van der Waals surface area contributed by atoms with E-state index >= 15 is 0 Å². The van der Waals surface area contributed by atoms with Gasteiger partial charge in [0.15, 0.2) is 0 Å². The molecule has 4 heteroatoms. The zero-order valence-electron chi connectivity index (χ0n) is 19.4. The summed E-state index contributed by atoms with van der Waals surface area (Å²) < 4.78 is 0. The van der Waals surface area contributed by atoms with E-state index < -0.39 is 0 Å². The van der Waals surface area contributed by atoms with Gasteiger partial charge in [-0.05, 0) is 0 Å². The van der Waals surface area contributed by atoms with Crippen LogP contribution in [0, 0.1) is 0 Å². The average molecular weight is 633 g/mol. The first-order chi connectivity index (χ1) is 13.2. The van der Waals surface area contributed by atoms with Gasteiger partial charge in [0.2, 0.25) is 0 Å². The van der Waals surface area contributed by atoms with Crippen molar-refractivity contribution in [3.8, 4) is 0 Å². The van der Waals surface area contributed by atoms with E-state index in [-0.39, 0.29) is 22.4 Å². The fourth-order valence-corrected chi connectivity index (χ4v) is 3.26. The largest absolute Gasteiger partial charge is 3.00 e. The molecule has 176 valence electrons. The van der Waals surface area contributed by atoms with Crippen LogP contribution in [0.2, 0.25) is 0 Å². The second kappa shape index (κ2) is 42.8. The average Bonchev–Trinajstić information content (AvgIpc) is 2.69. The Morgan fingerprint density at radius 1 is 0.321 bits per heavy atom. The molecular formula is C24H51AuS3. The van der Waals surface area contributed by atoms with Crippen molar-refractivity contribution in [2.75, 3.05) is 17.3 Å². The standard InChI is InChI=1S/3C8H18S.Au/c3*1-2-3-4-5-6-7-8-9;/h3*9H,2-8H2,1H3;/q;;;+3/p-3. The van der Waals surface area contributed by atoms with Crippen LogP contribution in [0.3, 0.4) is 0 Å². The van der Waals surface area contributed by atoms with Crippen LogP contribution in [-0.2, 0) is 60.3 Å². The molecule has 0 saturated heterocycles. The molecule has 0 rings (SSSR count). The van der Waals surface area contributed by atoms with Crippen LogP contribution in [0.1, 0.15) is 136 Å². The van der Waals surface area contributed by atoms with Crippen LogP contribution in [0.4, 0.5) is 0 Å². The molecule has 0 atom stereocenters. The first-order valence-electron chi connectivity index (χ1n) is 12.0. The van der Waals surface area contributed by atoms with Gasteiger partial charge in [0.1, 0.15) is 0 Å². The number of rotatable bonds is 18. The van der Waals surface area contributed by atoms with Gasteiger partial charge in [-0.25, -0.2) is 0 Å². The second-order valence-electron chi connectivity index (χ2n) is 7.42. The molecule has 0 unspecified atom stereocenters. The zero-order chi connectivity index (χ0) is 20.8. The Morgan fingerprint density at radius 2 is 0.500 bits per heavy atom. The third-order valence-electron chi connectivity index (χ3n) is 4.49. The third kappa shape index (κ3) is 50.9. The van der Waals surface area contributed by atoms with Crippen molar-refractivity contribution in [1.29, 1.82) is 0 Å². The summed E-state index contributed by atoms with van der Waals surface area (Å²) in [7, 11) is 0. The van der Waals surface area contributed by atoms with E-state index in [1.165, 1.54) is 116 Å². The predicted octanol–water partition coefficient (Wildman–Crippen LogP) is 8.68. The summed E-state index contributed by atoms with van der Waals surface area (Å²) in [6.07, 6.45) is 24.4. The van der Waals surface area contributed by atoms with Gasteiger partial charge < -0.3 is 37.9 Å². The Morgan fingerprint density at radius 3 is 0.679 bits per heavy atom. The van der Waals surface area contributed by atoms with Crippen molar-refractivity contribution in [2.24, 2.45) is 0 Å². The van der Waals surface area contributed by atoms with Crippen LogP contribution in [-0.4, -0.2) is 17.3 Å². The van der Waals surface area contributed by atoms with Crippen molar-refractivity contribution >= 4 is 37.9 Å². The topological polar surface area (TPSA) is 0 Å². The monoisotopic (exact) mass is 632 g/mol. The first-order valence-corrected chi connectivity index (χ1v) is 13.7. The van der Waals surface area contributed by atoms with E-state index in [4.69, 9.17) is 37.9 Å². The maximum absolute atomic E-state index is 4.83. The molecule has 28 heavy (non-hydrogen) atoms. The maximum Gasteiger partial charge on any atom is 3.00 e. The summed E-state index contributed by atoms with van der Waals surface area (Å²) in [5.41, 5.74) is 0. The maximum atomic E-state index is 4.83. The van der Waals surface area contributed by atoms with E-state index in [0.717, 1.165) is 17.3 Å². The van der Waals surface area contributed by atoms with Gasteiger partial charge >= 0.3 is 22.4 Å². The quantitative estimate of drug-likeness (QED) is 0.0843. The predicted molar refractivity (Wildman–Crippen MR) is 137 cm³/mol. The Hall–Kier alpha value is 1.79. The summed E-state index contributed by atoms with van der Waals surface area (Å²) in [4.78, 5) is 0. The molecule has 0 N–H and O–H groups in total. The molecule has 0 heterocycles. The van der Waals surface area contributed by atoms with Gasteiger partial charge in [0.05, 0.1) is 0 Å². The summed E-state index contributed by atoms with van der Waals surface area (Å²) in [5, 5.41) is 0. The van der Waals surface area contributed by atoms with Gasteiger partial charge in [0, 0.05) is 0 Å². The molecule has 0 aliphatic rings. The van der Waals surface area contributed by atoms with Gasteiger partial charge in [-0.2, -0.15) is 17.3 Å². The van der Waals surface area contributed by atoms with Crippen LogP contribution in [0.25, 0.3) is 0 Å².